The first-order valence-corrected chi connectivity index (χ1v) is 6.79. The minimum atomic E-state index is 0.259. The number of aryl methyl sites for hydroxylation is 1. The Balaban J connectivity index is 2.40. The van der Waals surface area contributed by atoms with Crippen molar-refractivity contribution < 1.29 is 0 Å². The summed E-state index contributed by atoms with van der Waals surface area (Å²) in [5, 5.41) is 0. The van der Waals surface area contributed by atoms with Crippen LogP contribution in [0.1, 0.15) is 52.2 Å². The van der Waals surface area contributed by atoms with Gasteiger partial charge in [-0.15, -0.1) is 0 Å². The Morgan fingerprint density at radius 1 is 1.18 bits per heavy atom. The van der Waals surface area contributed by atoms with Gasteiger partial charge in [-0.3, -0.25) is 0 Å². The molecule has 0 radical (unpaired) electrons. The Hall–Kier alpha value is -0.980. The molecule has 17 heavy (non-hydrogen) atoms. The monoisotopic (exact) mass is 231 g/mol. The van der Waals surface area contributed by atoms with Crippen LogP contribution in [-0.4, -0.2) is 12.6 Å². The van der Waals surface area contributed by atoms with Crippen molar-refractivity contribution in [1.29, 1.82) is 0 Å². The Kier molecular flexibility index (Phi) is 3.20. The third kappa shape index (κ3) is 2.48. The van der Waals surface area contributed by atoms with Crippen LogP contribution in [0.2, 0.25) is 0 Å². The van der Waals surface area contributed by atoms with Gasteiger partial charge in [0.25, 0.3) is 0 Å². The van der Waals surface area contributed by atoms with Gasteiger partial charge in [-0.05, 0) is 49.3 Å². The number of nitrogens with zero attached hydrogens (tertiary/aromatic N) is 1. The average Bonchev–Trinajstić information content (AvgIpc) is 2.26. The summed E-state index contributed by atoms with van der Waals surface area (Å²) in [7, 11) is 0. The summed E-state index contributed by atoms with van der Waals surface area (Å²) in [6.07, 6.45) is 2.53. The van der Waals surface area contributed by atoms with Crippen LogP contribution in [0.5, 0.6) is 0 Å². The second kappa shape index (κ2) is 4.36. The van der Waals surface area contributed by atoms with Crippen molar-refractivity contribution in [3.05, 3.63) is 29.3 Å². The Bertz CT molecular complexity index is 398. The van der Waals surface area contributed by atoms with E-state index in [4.69, 9.17) is 0 Å². The Labute approximate surface area is 106 Å². The van der Waals surface area contributed by atoms with Gasteiger partial charge in [-0.25, -0.2) is 0 Å². The zero-order valence-electron chi connectivity index (χ0n) is 11.9. The van der Waals surface area contributed by atoms with Crippen LogP contribution in [-0.2, 0) is 11.8 Å². The molecular formula is C16H25N. The molecule has 1 aromatic carbocycles. The van der Waals surface area contributed by atoms with E-state index in [1.54, 1.807) is 0 Å². The molecule has 0 saturated carbocycles. The molecule has 0 N–H and O–H groups in total. The minimum absolute atomic E-state index is 0.259. The third-order valence-corrected chi connectivity index (χ3v) is 3.72. The second-order valence-electron chi connectivity index (χ2n) is 6.48. The van der Waals surface area contributed by atoms with Crippen LogP contribution in [0.3, 0.4) is 0 Å². The maximum atomic E-state index is 2.53. The summed E-state index contributed by atoms with van der Waals surface area (Å²) in [6.45, 7) is 12.6. The fourth-order valence-electron chi connectivity index (χ4n) is 2.63. The molecule has 1 heteroatoms. The first kappa shape index (κ1) is 12.5. The van der Waals surface area contributed by atoms with Crippen molar-refractivity contribution in [2.45, 2.75) is 58.9 Å². The Morgan fingerprint density at radius 2 is 1.88 bits per heavy atom. The molecule has 0 bridgehead atoms. The smallest absolute Gasteiger partial charge is 0.0401 e. The second-order valence-corrected chi connectivity index (χ2v) is 6.48. The highest BCUT2D eigenvalue weighted by atomic mass is 15.2. The molecule has 0 aromatic heterocycles. The van der Waals surface area contributed by atoms with E-state index in [9.17, 15) is 0 Å². The predicted octanol–water partition coefficient (Wildman–Crippen LogP) is 4.15. The van der Waals surface area contributed by atoms with E-state index in [0.29, 0.717) is 6.04 Å². The highest BCUT2D eigenvalue weighted by Gasteiger charge is 2.21. The quantitative estimate of drug-likeness (QED) is 0.702. The van der Waals surface area contributed by atoms with Gasteiger partial charge in [0.2, 0.25) is 0 Å². The van der Waals surface area contributed by atoms with Crippen LogP contribution in [0.4, 0.5) is 5.69 Å². The van der Waals surface area contributed by atoms with Crippen molar-refractivity contribution in [3.63, 3.8) is 0 Å². The third-order valence-electron chi connectivity index (χ3n) is 3.72. The lowest BCUT2D eigenvalue weighted by Crippen LogP contribution is -2.35. The maximum Gasteiger partial charge on any atom is 0.0401 e. The summed E-state index contributed by atoms with van der Waals surface area (Å²) >= 11 is 0. The number of fused-ring (bicyclic) bond motifs is 1. The summed E-state index contributed by atoms with van der Waals surface area (Å²) in [6, 6.07) is 7.66. The molecule has 0 spiro atoms. The molecule has 1 aliphatic rings. The van der Waals surface area contributed by atoms with E-state index in [2.05, 4.69) is 57.7 Å². The first-order chi connectivity index (χ1) is 7.89. The number of rotatable bonds is 1. The zero-order valence-corrected chi connectivity index (χ0v) is 11.9. The molecule has 0 atom stereocenters. The number of benzene rings is 1. The molecule has 0 saturated heterocycles. The lowest BCUT2D eigenvalue weighted by Gasteiger charge is -2.35. The van der Waals surface area contributed by atoms with Gasteiger partial charge in [0, 0.05) is 18.3 Å². The number of hydrogen-bond acceptors (Lipinski definition) is 1. The van der Waals surface area contributed by atoms with Crippen LogP contribution in [0, 0.1) is 0 Å². The Morgan fingerprint density at radius 3 is 2.47 bits per heavy atom. The van der Waals surface area contributed by atoms with E-state index in [0.717, 1.165) is 0 Å². The average molecular weight is 231 g/mol. The highest BCUT2D eigenvalue weighted by Crippen LogP contribution is 2.33. The van der Waals surface area contributed by atoms with Gasteiger partial charge in [-0.1, -0.05) is 32.9 Å². The topological polar surface area (TPSA) is 3.24 Å². The predicted molar refractivity (Wildman–Crippen MR) is 75.9 cm³/mol. The lowest BCUT2D eigenvalue weighted by molar-refractivity contribution is 0.584. The van der Waals surface area contributed by atoms with Gasteiger partial charge in [0.1, 0.15) is 0 Å². The standard InChI is InChI=1S/C16H25N/c1-12(2)17-10-6-7-13-11-14(16(3,4)5)8-9-15(13)17/h8-9,11-12H,6-7,10H2,1-5H3. The maximum absolute atomic E-state index is 2.53. The van der Waals surface area contributed by atoms with E-state index >= 15 is 0 Å². The first-order valence-electron chi connectivity index (χ1n) is 6.79. The zero-order chi connectivity index (χ0) is 12.6. The van der Waals surface area contributed by atoms with Crippen molar-refractivity contribution in [2.75, 3.05) is 11.4 Å². The van der Waals surface area contributed by atoms with E-state index in [1.807, 2.05) is 0 Å². The summed E-state index contributed by atoms with van der Waals surface area (Å²) < 4.78 is 0. The molecule has 0 amide bonds. The van der Waals surface area contributed by atoms with E-state index < -0.39 is 0 Å². The van der Waals surface area contributed by atoms with Crippen LogP contribution >= 0.6 is 0 Å². The SMILES string of the molecule is CC(C)N1CCCc2cc(C(C)(C)C)ccc21. The van der Waals surface area contributed by atoms with Gasteiger partial charge in [0.15, 0.2) is 0 Å². The largest absolute Gasteiger partial charge is 0.369 e. The molecule has 0 unspecified atom stereocenters. The van der Waals surface area contributed by atoms with Crippen LogP contribution in [0.15, 0.2) is 18.2 Å². The summed E-state index contributed by atoms with van der Waals surface area (Å²) in [5.74, 6) is 0. The lowest BCUT2D eigenvalue weighted by atomic mass is 9.84. The van der Waals surface area contributed by atoms with Crippen LogP contribution < -0.4 is 4.90 Å². The van der Waals surface area contributed by atoms with Crippen molar-refractivity contribution in [1.82, 2.24) is 0 Å². The van der Waals surface area contributed by atoms with Crippen LogP contribution in [0.25, 0.3) is 0 Å². The fraction of sp³-hybridized carbons (Fsp3) is 0.625. The molecule has 2 rings (SSSR count). The normalized spacial score (nSPS) is 16.2. The molecular weight excluding hydrogens is 206 g/mol. The molecule has 0 fully saturated rings. The molecule has 94 valence electrons. The molecule has 1 heterocycles. The van der Waals surface area contributed by atoms with E-state index in [1.165, 1.54) is 36.2 Å². The fourth-order valence-corrected chi connectivity index (χ4v) is 2.63. The van der Waals surface area contributed by atoms with Gasteiger partial charge in [-0.2, -0.15) is 0 Å². The molecule has 1 aliphatic heterocycles. The van der Waals surface area contributed by atoms with Crippen molar-refractivity contribution >= 4 is 5.69 Å². The summed E-state index contributed by atoms with van der Waals surface area (Å²) in [4.78, 5) is 2.53. The molecule has 1 nitrogen and oxygen atoms in total. The number of anilines is 1. The molecule has 0 aliphatic carbocycles. The van der Waals surface area contributed by atoms with E-state index in [-0.39, 0.29) is 5.41 Å². The molecule has 1 aromatic rings. The van der Waals surface area contributed by atoms with Gasteiger partial charge < -0.3 is 4.90 Å². The van der Waals surface area contributed by atoms with Gasteiger partial charge in [0.05, 0.1) is 0 Å². The van der Waals surface area contributed by atoms with Gasteiger partial charge >= 0.3 is 0 Å². The number of hydrogen-bond donors (Lipinski definition) is 0. The van der Waals surface area contributed by atoms with Crippen molar-refractivity contribution in [2.24, 2.45) is 0 Å². The summed E-state index contributed by atoms with van der Waals surface area (Å²) in [5.41, 5.74) is 4.72. The minimum Gasteiger partial charge on any atom is -0.369 e. The highest BCUT2D eigenvalue weighted by molar-refractivity contribution is 5.58. The van der Waals surface area contributed by atoms with Crippen molar-refractivity contribution in [3.8, 4) is 0 Å².